The van der Waals surface area contributed by atoms with E-state index in [-0.39, 0.29) is 24.8 Å². The standard InChI is InChI=1S/C34H33NO3S.Li/c1-24-10-6-9-15-29(24)31-23-26(17-19-30(31)33(36)35-32(34(37)38)20-21-39-2)16-18-27-13-7-8-14-28(27)22-25-11-4-3-5-12-25;/h3-19,23,32H,20-22H2,1-2H3,(H,35,36)(H,37,38);/q;+1/b18-16+;. The first-order valence-electron chi connectivity index (χ1n) is 13.0. The molecule has 0 saturated carbocycles. The van der Waals surface area contributed by atoms with Gasteiger partial charge in [-0.1, -0.05) is 97.1 Å². The van der Waals surface area contributed by atoms with Crippen LogP contribution in [0.5, 0.6) is 0 Å². The Labute approximate surface area is 253 Å². The average molecular weight is 543 g/mol. The number of carbonyl (C=O) groups excluding carboxylic acids is 1. The van der Waals surface area contributed by atoms with Gasteiger partial charge in [0, 0.05) is 5.56 Å². The van der Waals surface area contributed by atoms with E-state index in [9.17, 15) is 14.7 Å². The van der Waals surface area contributed by atoms with Crippen molar-refractivity contribution in [3.05, 3.63) is 130 Å². The maximum absolute atomic E-state index is 13.3. The molecule has 0 aliphatic heterocycles. The normalized spacial score (nSPS) is 11.6. The maximum atomic E-state index is 13.3. The Morgan fingerprint density at radius 2 is 1.57 bits per heavy atom. The van der Waals surface area contributed by atoms with E-state index in [2.05, 4.69) is 59.9 Å². The van der Waals surface area contributed by atoms with E-state index in [0.717, 1.165) is 34.2 Å². The van der Waals surface area contributed by atoms with Gasteiger partial charge in [0.1, 0.15) is 6.04 Å². The number of hydrogen-bond acceptors (Lipinski definition) is 3. The van der Waals surface area contributed by atoms with Gasteiger partial charge >= 0.3 is 24.8 Å². The Hall–Kier alpha value is -3.49. The minimum absolute atomic E-state index is 0. The molecule has 6 heteroatoms. The molecule has 0 aliphatic rings. The van der Waals surface area contributed by atoms with Crippen LogP contribution in [-0.2, 0) is 11.2 Å². The van der Waals surface area contributed by atoms with Crippen LogP contribution in [0, 0.1) is 6.92 Å². The van der Waals surface area contributed by atoms with Crippen molar-refractivity contribution in [2.24, 2.45) is 0 Å². The average Bonchev–Trinajstić information content (AvgIpc) is 2.95. The van der Waals surface area contributed by atoms with Crippen molar-refractivity contribution in [3.8, 4) is 11.1 Å². The predicted octanol–water partition coefficient (Wildman–Crippen LogP) is 4.36. The van der Waals surface area contributed by atoms with E-state index in [4.69, 9.17) is 0 Å². The predicted molar refractivity (Wildman–Crippen MR) is 163 cm³/mol. The molecule has 0 saturated heterocycles. The van der Waals surface area contributed by atoms with E-state index in [1.54, 1.807) is 17.8 Å². The molecule has 1 unspecified atom stereocenters. The fourth-order valence-corrected chi connectivity index (χ4v) is 5.02. The topological polar surface area (TPSA) is 66.4 Å². The minimum atomic E-state index is -1.02. The monoisotopic (exact) mass is 542 g/mol. The summed E-state index contributed by atoms with van der Waals surface area (Å²) in [6.07, 6.45) is 7.30. The molecule has 0 aliphatic carbocycles. The summed E-state index contributed by atoms with van der Waals surface area (Å²) in [4.78, 5) is 25.1. The van der Waals surface area contributed by atoms with Crippen molar-refractivity contribution in [3.63, 3.8) is 0 Å². The van der Waals surface area contributed by atoms with Crippen LogP contribution in [0.3, 0.4) is 0 Å². The van der Waals surface area contributed by atoms with E-state index in [1.807, 2.05) is 61.7 Å². The minimum Gasteiger partial charge on any atom is -0.480 e. The molecule has 0 aromatic heterocycles. The largest absolute Gasteiger partial charge is 1.00 e. The zero-order chi connectivity index (χ0) is 27.6. The summed E-state index contributed by atoms with van der Waals surface area (Å²) in [6.45, 7) is 2.01. The molecule has 0 fully saturated rings. The van der Waals surface area contributed by atoms with Gasteiger partial charge in [-0.25, -0.2) is 4.79 Å². The van der Waals surface area contributed by atoms with Crippen molar-refractivity contribution in [2.45, 2.75) is 25.8 Å². The van der Waals surface area contributed by atoms with Gasteiger partial charge in [-0.05, 0) is 82.9 Å². The number of thioether (sulfide) groups is 1. The van der Waals surface area contributed by atoms with Crippen LogP contribution in [0.1, 0.15) is 44.6 Å². The van der Waals surface area contributed by atoms with Crippen molar-refractivity contribution >= 4 is 35.8 Å². The molecule has 2 N–H and O–H groups in total. The van der Waals surface area contributed by atoms with Gasteiger partial charge in [0.25, 0.3) is 5.91 Å². The third-order valence-corrected chi connectivity index (χ3v) is 7.33. The van der Waals surface area contributed by atoms with Gasteiger partial charge in [0.15, 0.2) is 0 Å². The molecule has 4 nitrogen and oxygen atoms in total. The quantitative estimate of drug-likeness (QED) is 0.218. The Morgan fingerprint density at radius 1 is 0.875 bits per heavy atom. The smallest absolute Gasteiger partial charge is 0.480 e. The van der Waals surface area contributed by atoms with Crippen LogP contribution in [0.15, 0.2) is 97.1 Å². The molecular weight excluding hydrogens is 509 g/mol. The molecule has 4 aromatic rings. The second kappa shape index (κ2) is 15.3. The Balaban J connectivity index is 0.00000441. The van der Waals surface area contributed by atoms with Crippen LogP contribution in [0.2, 0.25) is 0 Å². The SMILES string of the molecule is CSCCC(NC(=O)c1ccc(/C=C/c2ccccc2Cc2ccccc2)cc1-c1ccccc1C)C(=O)O.[Li+]. The number of carboxylic acids is 1. The van der Waals surface area contributed by atoms with E-state index in [0.29, 0.717) is 17.7 Å². The number of carbonyl (C=O) groups is 2. The van der Waals surface area contributed by atoms with Gasteiger partial charge < -0.3 is 10.4 Å². The van der Waals surface area contributed by atoms with Gasteiger partial charge in [0.05, 0.1) is 0 Å². The first-order valence-corrected chi connectivity index (χ1v) is 14.4. The summed E-state index contributed by atoms with van der Waals surface area (Å²) < 4.78 is 0. The second-order valence-electron chi connectivity index (χ2n) is 9.46. The number of hydrogen-bond donors (Lipinski definition) is 2. The van der Waals surface area contributed by atoms with Crippen LogP contribution in [0.25, 0.3) is 23.3 Å². The molecule has 4 aromatic carbocycles. The van der Waals surface area contributed by atoms with Crippen molar-refractivity contribution in [2.75, 3.05) is 12.0 Å². The van der Waals surface area contributed by atoms with E-state index < -0.39 is 12.0 Å². The Bertz CT molecular complexity index is 1470. The summed E-state index contributed by atoms with van der Waals surface area (Å²) in [5, 5.41) is 12.4. The molecule has 0 radical (unpaired) electrons. The maximum Gasteiger partial charge on any atom is 1.00 e. The number of benzene rings is 4. The van der Waals surface area contributed by atoms with Crippen LogP contribution >= 0.6 is 11.8 Å². The van der Waals surface area contributed by atoms with Gasteiger partial charge in [-0.2, -0.15) is 11.8 Å². The molecule has 1 amide bonds. The molecule has 0 bridgehead atoms. The van der Waals surface area contributed by atoms with Gasteiger partial charge in [-0.15, -0.1) is 0 Å². The molecular formula is C34H33LiNO3S+. The first-order chi connectivity index (χ1) is 19.0. The molecule has 0 heterocycles. The number of nitrogens with one attached hydrogen (secondary N) is 1. The number of aliphatic carboxylic acids is 1. The summed E-state index contributed by atoms with van der Waals surface area (Å²) >= 11 is 1.56. The number of amides is 1. The summed E-state index contributed by atoms with van der Waals surface area (Å²) in [7, 11) is 0. The summed E-state index contributed by atoms with van der Waals surface area (Å²) in [6, 6.07) is 31.4. The first kappa shape index (κ1) is 31.0. The Kier molecular flexibility index (Phi) is 11.9. The van der Waals surface area contributed by atoms with Crippen molar-refractivity contribution in [1.29, 1.82) is 0 Å². The van der Waals surface area contributed by atoms with Gasteiger partial charge in [0.2, 0.25) is 0 Å². The van der Waals surface area contributed by atoms with Crippen LogP contribution < -0.4 is 24.2 Å². The van der Waals surface area contributed by atoms with Crippen molar-refractivity contribution < 1.29 is 33.6 Å². The third kappa shape index (κ3) is 8.26. The molecule has 4 rings (SSSR count). The summed E-state index contributed by atoms with van der Waals surface area (Å²) in [5.74, 6) is -0.758. The van der Waals surface area contributed by atoms with E-state index in [1.165, 1.54) is 11.1 Å². The van der Waals surface area contributed by atoms with Gasteiger partial charge in [-0.3, -0.25) is 4.79 Å². The third-order valence-electron chi connectivity index (χ3n) is 6.69. The molecule has 40 heavy (non-hydrogen) atoms. The van der Waals surface area contributed by atoms with Crippen LogP contribution in [-0.4, -0.2) is 35.0 Å². The Morgan fingerprint density at radius 3 is 2.30 bits per heavy atom. The molecule has 1 atom stereocenters. The zero-order valence-electron chi connectivity index (χ0n) is 23.3. The number of aryl methyl sites for hydroxylation is 1. The van der Waals surface area contributed by atoms with Crippen molar-refractivity contribution in [1.82, 2.24) is 5.32 Å². The number of carboxylic acid groups (broad SMARTS) is 1. The second-order valence-corrected chi connectivity index (χ2v) is 10.4. The molecule has 0 spiro atoms. The van der Waals surface area contributed by atoms with Crippen LogP contribution in [0.4, 0.5) is 0 Å². The zero-order valence-corrected chi connectivity index (χ0v) is 24.1. The number of rotatable bonds is 11. The fraction of sp³-hybridized carbons (Fsp3) is 0.176. The summed E-state index contributed by atoms with van der Waals surface area (Å²) in [5.41, 5.74) is 7.81. The van der Waals surface area contributed by atoms with E-state index >= 15 is 0 Å². The fourth-order valence-electron chi connectivity index (χ4n) is 4.55. The molecule has 198 valence electrons.